The Morgan fingerprint density at radius 3 is 2.90 bits per heavy atom. The van der Waals surface area contributed by atoms with Gasteiger partial charge in [0.25, 0.3) is 0 Å². The zero-order valence-electron chi connectivity index (χ0n) is 11.3. The Hall–Kier alpha value is -2.50. The topological polar surface area (TPSA) is 84.6 Å². The maximum atomic E-state index is 11.2. The Balaban J connectivity index is 2.16. The van der Waals surface area contributed by atoms with Crippen molar-refractivity contribution in [3.05, 3.63) is 41.6 Å². The third-order valence-electron chi connectivity index (χ3n) is 2.84. The fraction of sp³-hybridized carbons (Fsp3) is 0.286. The third kappa shape index (κ3) is 3.09. The Morgan fingerprint density at radius 1 is 1.50 bits per heavy atom. The van der Waals surface area contributed by atoms with Crippen LogP contribution in [0.1, 0.15) is 28.9 Å². The maximum absolute atomic E-state index is 11.2. The number of nitrogens with zero attached hydrogens (tertiary/aromatic N) is 1. The average molecular weight is 276 g/mol. The van der Waals surface area contributed by atoms with Gasteiger partial charge in [-0.1, -0.05) is 6.92 Å². The predicted octanol–water partition coefficient (Wildman–Crippen LogP) is 2.56. The number of carboxylic acids is 1. The molecule has 2 aromatic rings. The van der Waals surface area contributed by atoms with Gasteiger partial charge in [0.15, 0.2) is 0 Å². The number of carbonyl (C=O) groups is 1. The molecule has 20 heavy (non-hydrogen) atoms. The zero-order chi connectivity index (χ0) is 14.5. The van der Waals surface area contributed by atoms with Crippen LogP contribution in [0, 0.1) is 0 Å². The second-order valence-electron chi connectivity index (χ2n) is 4.14. The molecule has 0 fully saturated rings. The summed E-state index contributed by atoms with van der Waals surface area (Å²) < 4.78 is 10.6. The highest BCUT2D eigenvalue weighted by atomic mass is 16.5. The second-order valence-corrected chi connectivity index (χ2v) is 4.14. The molecular weight excluding hydrogens is 260 g/mol. The van der Waals surface area contributed by atoms with Crippen molar-refractivity contribution >= 4 is 11.7 Å². The molecule has 0 spiro atoms. The van der Waals surface area contributed by atoms with Gasteiger partial charge < -0.3 is 19.6 Å². The highest BCUT2D eigenvalue weighted by Gasteiger charge is 2.12. The lowest BCUT2D eigenvalue weighted by atomic mass is 10.1. The predicted molar refractivity (Wildman–Crippen MR) is 73.2 cm³/mol. The molecule has 0 unspecified atom stereocenters. The summed E-state index contributed by atoms with van der Waals surface area (Å²) in [4.78, 5) is 15.3. The van der Waals surface area contributed by atoms with Crippen LogP contribution in [0.15, 0.2) is 28.8 Å². The van der Waals surface area contributed by atoms with E-state index < -0.39 is 5.97 Å². The smallest absolute Gasteiger partial charge is 0.337 e. The molecule has 0 aliphatic heterocycles. The van der Waals surface area contributed by atoms with Crippen molar-refractivity contribution in [2.24, 2.45) is 0 Å². The van der Waals surface area contributed by atoms with Gasteiger partial charge >= 0.3 is 5.97 Å². The van der Waals surface area contributed by atoms with E-state index in [0.717, 1.165) is 12.2 Å². The molecule has 2 N–H and O–H groups in total. The number of aromatic nitrogens is 1. The minimum Gasteiger partial charge on any atom is -0.497 e. The summed E-state index contributed by atoms with van der Waals surface area (Å²) in [6.45, 7) is 2.29. The van der Waals surface area contributed by atoms with Crippen LogP contribution >= 0.6 is 0 Å². The lowest BCUT2D eigenvalue weighted by Crippen LogP contribution is -2.06. The molecular formula is C14H16N2O4. The average Bonchev–Trinajstić information content (AvgIpc) is 2.92. The van der Waals surface area contributed by atoms with Crippen molar-refractivity contribution in [1.29, 1.82) is 0 Å². The van der Waals surface area contributed by atoms with Crippen molar-refractivity contribution in [2.45, 2.75) is 19.9 Å². The number of anilines is 1. The van der Waals surface area contributed by atoms with Gasteiger partial charge in [-0.3, -0.25) is 0 Å². The van der Waals surface area contributed by atoms with Gasteiger partial charge in [-0.15, -0.1) is 0 Å². The first-order valence-corrected chi connectivity index (χ1v) is 6.22. The monoisotopic (exact) mass is 276 g/mol. The van der Waals surface area contributed by atoms with Gasteiger partial charge in [-0.2, -0.15) is 0 Å². The Morgan fingerprint density at radius 2 is 2.30 bits per heavy atom. The van der Waals surface area contributed by atoms with Crippen molar-refractivity contribution in [3.8, 4) is 5.75 Å². The number of rotatable bonds is 6. The highest BCUT2D eigenvalue weighted by Crippen LogP contribution is 2.23. The minimum atomic E-state index is -1.00. The quantitative estimate of drug-likeness (QED) is 0.843. The van der Waals surface area contributed by atoms with Gasteiger partial charge in [0.1, 0.15) is 11.5 Å². The summed E-state index contributed by atoms with van der Waals surface area (Å²) >= 11 is 0. The third-order valence-corrected chi connectivity index (χ3v) is 2.84. The van der Waals surface area contributed by atoms with Gasteiger partial charge in [-0.25, -0.2) is 9.78 Å². The van der Waals surface area contributed by atoms with E-state index in [9.17, 15) is 4.79 Å². The fourth-order valence-electron chi connectivity index (χ4n) is 1.75. The minimum absolute atomic E-state index is 0.174. The Labute approximate surface area is 116 Å². The van der Waals surface area contributed by atoms with E-state index in [4.69, 9.17) is 14.3 Å². The van der Waals surface area contributed by atoms with Gasteiger partial charge in [0, 0.05) is 12.5 Å². The van der Waals surface area contributed by atoms with Crippen molar-refractivity contribution in [2.75, 3.05) is 12.4 Å². The Kier molecular flexibility index (Phi) is 4.24. The molecule has 1 aromatic carbocycles. The SMILES string of the molecule is CCc1cnc(CNc2cc(OC)ccc2C(=O)O)o1. The zero-order valence-corrected chi connectivity index (χ0v) is 11.3. The summed E-state index contributed by atoms with van der Waals surface area (Å²) in [6, 6.07) is 4.73. The molecule has 0 saturated carbocycles. The number of oxazole rings is 1. The van der Waals surface area contributed by atoms with Crippen LogP contribution in [0.25, 0.3) is 0 Å². The molecule has 1 aromatic heterocycles. The normalized spacial score (nSPS) is 10.3. The van der Waals surface area contributed by atoms with Crippen molar-refractivity contribution in [3.63, 3.8) is 0 Å². The van der Waals surface area contributed by atoms with Crippen LogP contribution < -0.4 is 10.1 Å². The van der Waals surface area contributed by atoms with Crippen LogP contribution in [0.3, 0.4) is 0 Å². The first kappa shape index (κ1) is 13.9. The molecule has 1 heterocycles. The summed E-state index contributed by atoms with van der Waals surface area (Å²) in [5, 5.41) is 12.2. The number of nitrogens with one attached hydrogen (secondary N) is 1. The molecule has 2 rings (SSSR count). The molecule has 0 aliphatic rings. The van der Waals surface area contributed by atoms with Crippen molar-refractivity contribution < 1.29 is 19.1 Å². The molecule has 0 radical (unpaired) electrons. The summed E-state index contributed by atoms with van der Waals surface area (Å²) in [5.41, 5.74) is 0.640. The summed E-state index contributed by atoms with van der Waals surface area (Å²) in [6.07, 6.45) is 2.44. The number of ether oxygens (including phenoxy) is 1. The first-order chi connectivity index (χ1) is 9.63. The van der Waals surface area contributed by atoms with Crippen LogP contribution in [0.2, 0.25) is 0 Å². The molecule has 0 bridgehead atoms. The number of benzene rings is 1. The molecule has 0 aliphatic carbocycles. The maximum Gasteiger partial charge on any atom is 0.337 e. The van der Waals surface area contributed by atoms with Crippen molar-refractivity contribution in [1.82, 2.24) is 4.98 Å². The largest absolute Gasteiger partial charge is 0.497 e. The van der Waals surface area contributed by atoms with E-state index in [1.807, 2.05) is 6.92 Å². The molecule has 0 atom stereocenters. The number of aromatic carboxylic acids is 1. The number of carboxylic acid groups (broad SMARTS) is 1. The second kappa shape index (κ2) is 6.10. The number of hydrogen-bond acceptors (Lipinski definition) is 5. The first-order valence-electron chi connectivity index (χ1n) is 6.22. The molecule has 0 amide bonds. The van der Waals surface area contributed by atoms with Crippen LogP contribution in [0.5, 0.6) is 5.75 Å². The summed E-state index contributed by atoms with van der Waals surface area (Å²) in [7, 11) is 1.53. The molecule has 106 valence electrons. The van der Waals surface area contributed by atoms with Gasteiger partial charge in [0.05, 0.1) is 31.1 Å². The number of aryl methyl sites for hydroxylation is 1. The Bertz CT molecular complexity index is 607. The lowest BCUT2D eigenvalue weighted by Gasteiger charge is -2.09. The van der Waals surface area contributed by atoms with Crippen LogP contribution in [-0.4, -0.2) is 23.2 Å². The molecule has 0 saturated heterocycles. The highest BCUT2D eigenvalue weighted by molar-refractivity contribution is 5.94. The standard InChI is InChI=1S/C14H16N2O4/c1-3-9-7-16-13(20-9)8-15-12-6-10(19-2)4-5-11(12)14(17)18/h4-7,15H,3,8H2,1-2H3,(H,17,18). The van der Waals surface area contributed by atoms with E-state index in [0.29, 0.717) is 23.9 Å². The van der Waals surface area contributed by atoms with Crippen LogP contribution in [0.4, 0.5) is 5.69 Å². The fourth-order valence-corrected chi connectivity index (χ4v) is 1.75. The van der Waals surface area contributed by atoms with Gasteiger partial charge in [0.2, 0.25) is 5.89 Å². The van der Waals surface area contributed by atoms with E-state index in [1.54, 1.807) is 18.3 Å². The lowest BCUT2D eigenvalue weighted by molar-refractivity contribution is 0.0698. The molecule has 6 heteroatoms. The van der Waals surface area contributed by atoms with E-state index in [2.05, 4.69) is 10.3 Å². The van der Waals surface area contributed by atoms with E-state index in [-0.39, 0.29) is 5.56 Å². The number of methoxy groups -OCH3 is 1. The van der Waals surface area contributed by atoms with E-state index >= 15 is 0 Å². The van der Waals surface area contributed by atoms with Crippen LogP contribution in [-0.2, 0) is 13.0 Å². The summed E-state index contributed by atoms with van der Waals surface area (Å²) in [5.74, 6) is 0.892. The molecule has 6 nitrogen and oxygen atoms in total. The van der Waals surface area contributed by atoms with E-state index in [1.165, 1.54) is 13.2 Å². The number of hydrogen-bond donors (Lipinski definition) is 2. The van der Waals surface area contributed by atoms with Gasteiger partial charge in [-0.05, 0) is 12.1 Å².